The summed E-state index contributed by atoms with van der Waals surface area (Å²) < 4.78 is 0. The van der Waals surface area contributed by atoms with Crippen molar-refractivity contribution in [2.45, 2.75) is 84.0 Å². The summed E-state index contributed by atoms with van der Waals surface area (Å²) in [5, 5.41) is 3.45. The Hall–Kier alpha value is -0.570. The Labute approximate surface area is 111 Å². The second kappa shape index (κ2) is 6.05. The number of carbonyl (C=O) groups is 1. The van der Waals surface area contributed by atoms with Crippen molar-refractivity contribution in [3.05, 3.63) is 0 Å². The molecule has 2 unspecified atom stereocenters. The summed E-state index contributed by atoms with van der Waals surface area (Å²) in [6, 6.07) is 0.568. The zero-order valence-corrected chi connectivity index (χ0v) is 12.1. The molecule has 0 aromatic carbocycles. The first-order valence-electron chi connectivity index (χ1n) is 7.75. The van der Waals surface area contributed by atoms with Gasteiger partial charge < -0.3 is 4.90 Å². The predicted molar refractivity (Wildman–Crippen MR) is 74.2 cm³/mol. The summed E-state index contributed by atoms with van der Waals surface area (Å²) in [5.74, 6) is 1.25. The third kappa shape index (κ3) is 2.71. The van der Waals surface area contributed by atoms with Crippen molar-refractivity contribution in [3.8, 4) is 0 Å². The van der Waals surface area contributed by atoms with Gasteiger partial charge in [0, 0.05) is 6.04 Å². The zero-order valence-electron chi connectivity index (χ0n) is 12.1. The Morgan fingerprint density at radius 2 is 1.89 bits per heavy atom. The van der Waals surface area contributed by atoms with E-state index in [9.17, 15) is 4.79 Å². The van der Waals surface area contributed by atoms with Crippen LogP contribution in [-0.4, -0.2) is 29.1 Å². The molecule has 0 bridgehead atoms. The first-order chi connectivity index (χ1) is 8.67. The molecule has 0 radical (unpaired) electrons. The average molecular weight is 252 g/mol. The van der Waals surface area contributed by atoms with Crippen LogP contribution in [0.4, 0.5) is 0 Å². The maximum Gasteiger partial charge on any atom is 0.241 e. The van der Waals surface area contributed by atoms with Crippen LogP contribution >= 0.6 is 0 Å². The Bertz CT molecular complexity index is 284. The molecular formula is C15H28N2O. The second-order valence-corrected chi connectivity index (χ2v) is 6.01. The molecule has 1 aliphatic heterocycles. The van der Waals surface area contributed by atoms with E-state index in [0.717, 1.165) is 18.8 Å². The molecule has 104 valence electrons. The minimum absolute atomic E-state index is 0.0777. The second-order valence-electron chi connectivity index (χ2n) is 6.01. The standard InChI is InChI=1S/C15H28N2O/c1-4-6-14-15(18)17(11(3)16-14)13-9-7-12(5-2)8-10-13/h11-14,16H,4-10H2,1-3H3. The predicted octanol–water partition coefficient (Wildman–Crippen LogP) is 2.90. The van der Waals surface area contributed by atoms with Gasteiger partial charge in [0.15, 0.2) is 0 Å². The van der Waals surface area contributed by atoms with Gasteiger partial charge in [0.25, 0.3) is 0 Å². The molecule has 2 rings (SSSR count). The van der Waals surface area contributed by atoms with Crippen LogP contribution in [0.1, 0.15) is 65.7 Å². The topological polar surface area (TPSA) is 32.3 Å². The van der Waals surface area contributed by atoms with Crippen LogP contribution in [0, 0.1) is 5.92 Å². The van der Waals surface area contributed by atoms with E-state index in [1.54, 1.807) is 0 Å². The molecule has 1 N–H and O–H groups in total. The Morgan fingerprint density at radius 3 is 2.44 bits per heavy atom. The van der Waals surface area contributed by atoms with Crippen molar-refractivity contribution in [2.75, 3.05) is 0 Å². The SMILES string of the molecule is CCCC1NC(C)N(C2CCC(CC)CC2)C1=O. The summed E-state index contributed by atoms with van der Waals surface area (Å²) in [4.78, 5) is 14.6. The van der Waals surface area contributed by atoms with Gasteiger partial charge in [-0.05, 0) is 44.9 Å². The maximum atomic E-state index is 12.4. The average Bonchev–Trinajstić information content (AvgIpc) is 2.65. The molecule has 2 aliphatic rings. The van der Waals surface area contributed by atoms with E-state index in [2.05, 4.69) is 31.0 Å². The summed E-state index contributed by atoms with van der Waals surface area (Å²) in [5.41, 5.74) is 0. The molecule has 1 saturated carbocycles. The van der Waals surface area contributed by atoms with E-state index in [1.807, 2.05) is 0 Å². The fourth-order valence-corrected chi connectivity index (χ4v) is 3.64. The van der Waals surface area contributed by atoms with Gasteiger partial charge >= 0.3 is 0 Å². The van der Waals surface area contributed by atoms with Crippen molar-refractivity contribution >= 4 is 5.91 Å². The minimum Gasteiger partial charge on any atom is -0.323 e. The first kappa shape index (κ1) is 13.9. The van der Waals surface area contributed by atoms with E-state index < -0.39 is 0 Å². The highest BCUT2D eigenvalue weighted by atomic mass is 16.2. The maximum absolute atomic E-state index is 12.4. The van der Waals surface area contributed by atoms with Gasteiger partial charge in [0.1, 0.15) is 0 Å². The Kier molecular flexibility index (Phi) is 4.66. The van der Waals surface area contributed by atoms with Gasteiger partial charge in [-0.3, -0.25) is 10.1 Å². The molecule has 18 heavy (non-hydrogen) atoms. The minimum atomic E-state index is 0.0777. The largest absolute Gasteiger partial charge is 0.323 e. The fraction of sp³-hybridized carbons (Fsp3) is 0.933. The molecule has 1 amide bonds. The van der Waals surface area contributed by atoms with Crippen LogP contribution in [0.25, 0.3) is 0 Å². The summed E-state index contributed by atoms with van der Waals surface area (Å²) in [6.07, 6.45) is 8.59. The lowest BCUT2D eigenvalue weighted by molar-refractivity contribution is -0.133. The summed E-state index contributed by atoms with van der Waals surface area (Å²) in [6.45, 7) is 6.57. The van der Waals surface area contributed by atoms with Crippen molar-refractivity contribution in [3.63, 3.8) is 0 Å². The van der Waals surface area contributed by atoms with Crippen LogP contribution in [0.5, 0.6) is 0 Å². The van der Waals surface area contributed by atoms with Crippen molar-refractivity contribution in [1.29, 1.82) is 0 Å². The van der Waals surface area contributed by atoms with Crippen LogP contribution in [0.2, 0.25) is 0 Å². The molecule has 2 fully saturated rings. The van der Waals surface area contributed by atoms with Gasteiger partial charge in [0.2, 0.25) is 5.91 Å². The van der Waals surface area contributed by atoms with Crippen molar-refractivity contribution < 1.29 is 4.79 Å². The molecular weight excluding hydrogens is 224 g/mol. The highest BCUT2D eigenvalue weighted by molar-refractivity contribution is 5.84. The van der Waals surface area contributed by atoms with Crippen LogP contribution in [0.3, 0.4) is 0 Å². The number of rotatable bonds is 4. The lowest BCUT2D eigenvalue weighted by Crippen LogP contribution is -2.44. The van der Waals surface area contributed by atoms with Gasteiger partial charge in [-0.25, -0.2) is 0 Å². The zero-order chi connectivity index (χ0) is 13.1. The van der Waals surface area contributed by atoms with Crippen molar-refractivity contribution in [2.24, 2.45) is 5.92 Å². The molecule has 2 atom stereocenters. The molecule has 3 heteroatoms. The Balaban J connectivity index is 1.94. The molecule has 1 heterocycles. The number of carbonyl (C=O) groups excluding carboxylic acids is 1. The van der Waals surface area contributed by atoms with E-state index >= 15 is 0 Å². The monoisotopic (exact) mass is 252 g/mol. The molecule has 3 nitrogen and oxygen atoms in total. The Morgan fingerprint density at radius 1 is 1.22 bits per heavy atom. The van der Waals surface area contributed by atoms with Gasteiger partial charge in [-0.1, -0.05) is 26.7 Å². The number of amides is 1. The van der Waals surface area contributed by atoms with E-state index in [-0.39, 0.29) is 12.2 Å². The molecule has 1 aliphatic carbocycles. The fourth-order valence-electron chi connectivity index (χ4n) is 3.64. The number of nitrogens with one attached hydrogen (secondary N) is 1. The van der Waals surface area contributed by atoms with Gasteiger partial charge in [0.05, 0.1) is 12.2 Å². The first-order valence-corrected chi connectivity index (χ1v) is 7.75. The molecule has 0 aromatic heterocycles. The third-order valence-electron chi connectivity index (χ3n) is 4.78. The lowest BCUT2D eigenvalue weighted by atomic mass is 9.84. The van der Waals surface area contributed by atoms with Crippen molar-refractivity contribution in [1.82, 2.24) is 10.2 Å². The third-order valence-corrected chi connectivity index (χ3v) is 4.78. The number of hydrogen-bond donors (Lipinski definition) is 1. The quantitative estimate of drug-likeness (QED) is 0.834. The van der Waals surface area contributed by atoms with Gasteiger partial charge in [-0.2, -0.15) is 0 Å². The summed E-state index contributed by atoms with van der Waals surface area (Å²) >= 11 is 0. The van der Waals surface area contributed by atoms with Crippen LogP contribution in [-0.2, 0) is 4.79 Å². The van der Waals surface area contributed by atoms with E-state index in [4.69, 9.17) is 0 Å². The molecule has 0 spiro atoms. The summed E-state index contributed by atoms with van der Waals surface area (Å²) in [7, 11) is 0. The van der Waals surface area contributed by atoms with Gasteiger partial charge in [-0.15, -0.1) is 0 Å². The van der Waals surface area contributed by atoms with E-state index in [0.29, 0.717) is 11.9 Å². The highest BCUT2D eigenvalue weighted by Crippen LogP contribution is 2.32. The highest BCUT2D eigenvalue weighted by Gasteiger charge is 2.40. The van der Waals surface area contributed by atoms with Crippen LogP contribution < -0.4 is 5.32 Å². The van der Waals surface area contributed by atoms with E-state index in [1.165, 1.54) is 32.1 Å². The normalized spacial score (nSPS) is 37.3. The number of hydrogen-bond acceptors (Lipinski definition) is 2. The molecule has 1 saturated heterocycles. The lowest BCUT2D eigenvalue weighted by Gasteiger charge is -2.36. The number of nitrogens with zero attached hydrogens (tertiary/aromatic N) is 1. The molecule has 0 aromatic rings. The van der Waals surface area contributed by atoms with Crippen LogP contribution in [0.15, 0.2) is 0 Å². The smallest absolute Gasteiger partial charge is 0.241 e.